The number of amides is 1. The van der Waals surface area contributed by atoms with E-state index in [1.165, 1.54) is 5.56 Å². The van der Waals surface area contributed by atoms with E-state index in [1.54, 1.807) is 0 Å². The zero-order valence-corrected chi connectivity index (χ0v) is 13.2. The van der Waals surface area contributed by atoms with Gasteiger partial charge in [-0.25, -0.2) is 0 Å². The molecule has 1 aromatic heterocycles. The molecule has 0 spiro atoms. The fourth-order valence-corrected chi connectivity index (χ4v) is 3.32. The molecule has 1 aliphatic rings. The fraction of sp³-hybridized carbons (Fsp3) is 0.444. The summed E-state index contributed by atoms with van der Waals surface area (Å²) in [5, 5.41) is 3.95. The lowest BCUT2D eigenvalue weighted by Crippen LogP contribution is -2.30. The van der Waals surface area contributed by atoms with Gasteiger partial charge in [-0.15, -0.1) is 0 Å². The van der Waals surface area contributed by atoms with Crippen molar-refractivity contribution < 1.29 is 9.32 Å². The Labute approximate surface area is 131 Å². The molecule has 116 valence electrons. The highest BCUT2D eigenvalue weighted by molar-refractivity contribution is 5.77. The van der Waals surface area contributed by atoms with Crippen LogP contribution in [0.1, 0.15) is 47.9 Å². The SMILES string of the molecule is Cc1noc(C)c1CCC(=O)N1CCC[C@@H]1c1ccccc1. The summed E-state index contributed by atoms with van der Waals surface area (Å²) in [7, 11) is 0. The van der Waals surface area contributed by atoms with Gasteiger partial charge in [0.1, 0.15) is 5.76 Å². The molecule has 22 heavy (non-hydrogen) atoms. The summed E-state index contributed by atoms with van der Waals surface area (Å²) < 4.78 is 5.17. The van der Waals surface area contributed by atoms with Crippen molar-refractivity contribution in [3.05, 3.63) is 52.9 Å². The molecule has 2 aromatic rings. The van der Waals surface area contributed by atoms with E-state index in [1.807, 2.05) is 36.9 Å². The van der Waals surface area contributed by atoms with Gasteiger partial charge in [0, 0.05) is 18.5 Å². The minimum Gasteiger partial charge on any atom is -0.361 e. The lowest BCUT2D eigenvalue weighted by atomic mass is 10.0. The highest BCUT2D eigenvalue weighted by Crippen LogP contribution is 2.32. The number of carbonyl (C=O) groups excluding carboxylic acids is 1. The molecule has 0 N–H and O–H groups in total. The number of benzene rings is 1. The lowest BCUT2D eigenvalue weighted by molar-refractivity contribution is -0.132. The largest absolute Gasteiger partial charge is 0.361 e. The molecule has 4 heteroatoms. The van der Waals surface area contributed by atoms with E-state index in [0.717, 1.165) is 36.4 Å². The normalized spacial score (nSPS) is 17.9. The number of rotatable bonds is 4. The third-order valence-corrected chi connectivity index (χ3v) is 4.53. The van der Waals surface area contributed by atoms with E-state index in [2.05, 4.69) is 17.3 Å². The van der Waals surface area contributed by atoms with E-state index < -0.39 is 0 Å². The van der Waals surface area contributed by atoms with Crippen LogP contribution in [0, 0.1) is 13.8 Å². The maximum Gasteiger partial charge on any atom is 0.223 e. The number of nitrogens with zero attached hydrogens (tertiary/aromatic N) is 2. The standard InChI is InChI=1S/C18H22N2O2/c1-13-16(14(2)22-19-13)10-11-18(21)20-12-6-9-17(20)15-7-4-3-5-8-15/h3-5,7-8,17H,6,9-12H2,1-2H3/t17-/m1/s1. The van der Waals surface area contributed by atoms with Gasteiger partial charge >= 0.3 is 0 Å². The molecule has 1 fully saturated rings. The zero-order chi connectivity index (χ0) is 15.5. The summed E-state index contributed by atoms with van der Waals surface area (Å²) >= 11 is 0. The number of aromatic nitrogens is 1. The van der Waals surface area contributed by atoms with Crippen molar-refractivity contribution in [3.63, 3.8) is 0 Å². The van der Waals surface area contributed by atoms with Gasteiger partial charge in [0.05, 0.1) is 11.7 Å². The summed E-state index contributed by atoms with van der Waals surface area (Å²) in [6, 6.07) is 10.6. The maximum absolute atomic E-state index is 12.6. The number of likely N-dealkylation sites (tertiary alicyclic amines) is 1. The van der Waals surface area contributed by atoms with Gasteiger partial charge in [0.2, 0.25) is 5.91 Å². The van der Waals surface area contributed by atoms with E-state index in [-0.39, 0.29) is 11.9 Å². The Morgan fingerprint density at radius 1 is 1.32 bits per heavy atom. The van der Waals surface area contributed by atoms with Crippen molar-refractivity contribution in [2.45, 2.75) is 45.6 Å². The van der Waals surface area contributed by atoms with Crippen LogP contribution in [-0.2, 0) is 11.2 Å². The van der Waals surface area contributed by atoms with Gasteiger partial charge in [0.15, 0.2) is 0 Å². The molecule has 0 bridgehead atoms. The third kappa shape index (κ3) is 2.91. The first-order chi connectivity index (χ1) is 10.7. The molecular weight excluding hydrogens is 276 g/mol. The summed E-state index contributed by atoms with van der Waals surface area (Å²) in [5.74, 6) is 1.05. The smallest absolute Gasteiger partial charge is 0.223 e. The first-order valence-electron chi connectivity index (χ1n) is 7.93. The van der Waals surface area contributed by atoms with Crippen molar-refractivity contribution in [1.82, 2.24) is 10.1 Å². The van der Waals surface area contributed by atoms with Crippen LogP contribution >= 0.6 is 0 Å². The first-order valence-corrected chi connectivity index (χ1v) is 7.93. The summed E-state index contributed by atoms with van der Waals surface area (Å²) in [6.45, 7) is 4.70. The summed E-state index contributed by atoms with van der Waals surface area (Å²) in [6.07, 6.45) is 3.36. The Bertz CT molecular complexity index is 629. The molecule has 1 aromatic carbocycles. The second-order valence-corrected chi connectivity index (χ2v) is 5.96. The molecular formula is C18H22N2O2. The van der Waals surface area contributed by atoms with Crippen LogP contribution in [0.2, 0.25) is 0 Å². The molecule has 2 heterocycles. The van der Waals surface area contributed by atoms with Gasteiger partial charge in [0.25, 0.3) is 0 Å². The van der Waals surface area contributed by atoms with Crippen molar-refractivity contribution in [1.29, 1.82) is 0 Å². The molecule has 0 unspecified atom stereocenters. The molecule has 1 amide bonds. The van der Waals surface area contributed by atoms with Crippen LogP contribution in [0.3, 0.4) is 0 Å². The van der Waals surface area contributed by atoms with Gasteiger partial charge in [-0.1, -0.05) is 35.5 Å². The number of carbonyl (C=O) groups is 1. The molecule has 0 saturated carbocycles. The molecule has 3 rings (SSSR count). The Kier molecular flexibility index (Phi) is 4.27. The maximum atomic E-state index is 12.6. The molecule has 1 saturated heterocycles. The quantitative estimate of drug-likeness (QED) is 0.866. The Morgan fingerprint density at radius 2 is 2.09 bits per heavy atom. The number of aryl methyl sites for hydroxylation is 2. The monoisotopic (exact) mass is 298 g/mol. The lowest BCUT2D eigenvalue weighted by Gasteiger charge is -2.25. The van der Waals surface area contributed by atoms with Crippen molar-refractivity contribution in [3.8, 4) is 0 Å². The minimum atomic E-state index is 0.228. The van der Waals surface area contributed by atoms with Gasteiger partial charge in [-0.3, -0.25) is 4.79 Å². The van der Waals surface area contributed by atoms with Crippen LogP contribution in [0.5, 0.6) is 0 Å². The molecule has 4 nitrogen and oxygen atoms in total. The Hall–Kier alpha value is -2.10. The summed E-state index contributed by atoms with van der Waals surface area (Å²) in [4.78, 5) is 14.7. The zero-order valence-electron chi connectivity index (χ0n) is 13.2. The van der Waals surface area contributed by atoms with Crippen LogP contribution in [0.15, 0.2) is 34.9 Å². The molecule has 1 aliphatic heterocycles. The van der Waals surface area contributed by atoms with E-state index in [9.17, 15) is 4.79 Å². The Morgan fingerprint density at radius 3 is 2.77 bits per heavy atom. The molecule has 0 aliphatic carbocycles. The van der Waals surface area contributed by atoms with Gasteiger partial charge < -0.3 is 9.42 Å². The number of hydrogen-bond donors (Lipinski definition) is 0. The van der Waals surface area contributed by atoms with Gasteiger partial charge in [-0.05, 0) is 38.7 Å². The topological polar surface area (TPSA) is 46.3 Å². The first kappa shape index (κ1) is 14.8. The van der Waals surface area contributed by atoms with E-state index in [0.29, 0.717) is 12.8 Å². The fourth-order valence-electron chi connectivity index (χ4n) is 3.32. The molecule has 1 atom stereocenters. The average Bonchev–Trinajstić information content (AvgIpc) is 3.14. The highest BCUT2D eigenvalue weighted by atomic mass is 16.5. The van der Waals surface area contributed by atoms with Gasteiger partial charge in [-0.2, -0.15) is 0 Å². The second-order valence-electron chi connectivity index (χ2n) is 5.96. The van der Waals surface area contributed by atoms with Crippen molar-refractivity contribution in [2.24, 2.45) is 0 Å². The van der Waals surface area contributed by atoms with E-state index >= 15 is 0 Å². The third-order valence-electron chi connectivity index (χ3n) is 4.53. The van der Waals surface area contributed by atoms with Crippen molar-refractivity contribution in [2.75, 3.05) is 6.54 Å². The average molecular weight is 298 g/mol. The number of hydrogen-bond acceptors (Lipinski definition) is 3. The second kappa shape index (κ2) is 6.34. The highest BCUT2D eigenvalue weighted by Gasteiger charge is 2.29. The van der Waals surface area contributed by atoms with Crippen LogP contribution in [0.25, 0.3) is 0 Å². The Balaban J connectivity index is 1.67. The van der Waals surface area contributed by atoms with E-state index in [4.69, 9.17) is 4.52 Å². The summed E-state index contributed by atoms with van der Waals surface area (Å²) in [5.41, 5.74) is 3.21. The van der Waals surface area contributed by atoms with Crippen LogP contribution in [-0.4, -0.2) is 22.5 Å². The van der Waals surface area contributed by atoms with Crippen molar-refractivity contribution >= 4 is 5.91 Å². The van der Waals surface area contributed by atoms with Crippen LogP contribution in [0.4, 0.5) is 0 Å². The van der Waals surface area contributed by atoms with Crippen LogP contribution < -0.4 is 0 Å². The predicted octanol–water partition coefficient (Wildman–Crippen LogP) is 3.59. The predicted molar refractivity (Wildman–Crippen MR) is 84.4 cm³/mol. The minimum absolute atomic E-state index is 0.228. The molecule has 0 radical (unpaired) electrons.